The van der Waals surface area contributed by atoms with Crippen molar-refractivity contribution in [1.82, 2.24) is 10.2 Å². The third kappa shape index (κ3) is 7.82. The Morgan fingerprint density at radius 1 is 1.03 bits per heavy atom. The summed E-state index contributed by atoms with van der Waals surface area (Å²) >= 11 is 2.58. The second-order valence-electron chi connectivity index (χ2n) is 7.33. The van der Waals surface area contributed by atoms with Crippen LogP contribution in [0.4, 0.5) is 4.39 Å². The first-order valence-corrected chi connectivity index (χ1v) is 13.0. The van der Waals surface area contributed by atoms with Gasteiger partial charge in [0, 0.05) is 0 Å². The molecule has 1 radical (unpaired) electrons. The molecule has 0 saturated carbocycles. The van der Waals surface area contributed by atoms with Crippen LogP contribution in [0.2, 0.25) is 0 Å². The van der Waals surface area contributed by atoms with Gasteiger partial charge in [-0.15, -0.1) is 0 Å². The molecule has 9 heteroatoms. The Morgan fingerprint density at radius 2 is 1.74 bits per heavy atom. The van der Waals surface area contributed by atoms with E-state index >= 15 is 0 Å². The molecule has 0 saturated heterocycles. The van der Waals surface area contributed by atoms with Crippen molar-refractivity contribution in [3.63, 3.8) is 0 Å². The van der Waals surface area contributed by atoms with Gasteiger partial charge in [-0.2, -0.15) is 0 Å². The van der Waals surface area contributed by atoms with Gasteiger partial charge in [-0.3, -0.25) is 0 Å². The fourth-order valence-corrected chi connectivity index (χ4v) is 4.73. The number of hydrogen-bond donors (Lipinski definition) is 1. The van der Waals surface area contributed by atoms with E-state index in [1.807, 2.05) is 54.6 Å². The van der Waals surface area contributed by atoms with Crippen LogP contribution in [0.5, 0.6) is 5.75 Å². The monoisotopic (exact) mass is 587 g/mol. The summed E-state index contributed by atoms with van der Waals surface area (Å²) in [5.74, 6) is -1.51. The molecular formula is C25H22AsBrFN2O4. The summed E-state index contributed by atoms with van der Waals surface area (Å²) in [5.41, 5.74) is 0.881. The molecular weight excluding hydrogens is 566 g/mol. The predicted molar refractivity (Wildman–Crippen MR) is 132 cm³/mol. The Morgan fingerprint density at radius 3 is 2.44 bits per heavy atom. The van der Waals surface area contributed by atoms with Gasteiger partial charge in [0.2, 0.25) is 0 Å². The van der Waals surface area contributed by atoms with E-state index < -0.39 is 27.5 Å². The Labute approximate surface area is 212 Å². The molecule has 0 spiro atoms. The van der Waals surface area contributed by atoms with Crippen LogP contribution < -0.4 is 14.4 Å². The molecule has 0 unspecified atom stereocenters. The number of hydrogen-bond acceptors (Lipinski definition) is 4. The topological polar surface area (TPSA) is 75.7 Å². The summed E-state index contributed by atoms with van der Waals surface area (Å²) in [6.07, 6.45) is 0. The molecule has 0 heterocycles. The van der Waals surface area contributed by atoms with Crippen LogP contribution in [0.25, 0.3) is 0 Å². The zero-order valence-electron chi connectivity index (χ0n) is 18.3. The molecule has 34 heavy (non-hydrogen) atoms. The van der Waals surface area contributed by atoms with Gasteiger partial charge in [0.25, 0.3) is 0 Å². The van der Waals surface area contributed by atoms with E-state index in [0.29, 0.717) is 6.54 Å². The van der Waals surface area contributed by atoms with Gasteiger partial charge < -0.3 is 0 Å². The molecule has 0 atom stereocenters. The number of carbonyl (C=O) groups is 3. The Kier molecular flexibility index (Phi) is 9.42. The van der Waals surface area contributed by atoms with Gasteiger partial charge in [-0.05, 0) is 0 Å². The summed E-state index contributed by atoms with van der Waals surface area (Å²) in [5, 5.41) is 2.51. The van der Waals surface area contributed by atoms with E-state index in [-0.39, 0.29) is 34.9 Å². The maximum absolute atomic E-state index is 13.8. The Balaban J connectivity index is 1.56. The van der Waals surface area contributed by atoms with Crippen LogP contribution in [0.3, 0.4) is 0 Å². The van der Waals surface area contributed by atoms with Crippen LogP contribution in [0, 0.1) is 5.82 Å². The number of benzene rings is 3. The summed E-state index contributed by atoms with van der Waals surface area (Å²) < 4.78 is 21.1. The first kappa shape index (κ1) is 25.7. The minimum absolute atomic E-state index is 0.0776. The zero-order valence-corrected chi connectivity index (χ0v) is 21.8. The molecule has 175 valence electrons. The number of carbonyl (C=O) groups excluding carboxylic acids is 3. The third-order valence-electron chi connectivity index (χ3n) is 4.71. The molecule has 3 aromatic rings. The summed E-state index contributed by atoms with van der Waals surface area (Å²) in [6.45, 7) is -0.0982. The quantitative estimate of drug-likeness (QED) is 0.370. The van der Waals surface area contributed by atoms with Gasteiger partial charge in [0.1, 0.15) is 0 Å². The van der Waals surface area contributed by atoms with Gasteiger partial charge in [0.15, 0.2) is 0 Å². The number of rotatable bonds is 10. The van der Waals surface area contributed by atoms with Crippen molar-refractivity contribution in [3.05, 3.63) is 94.2 Å². The Hall–Kier alpha value is -2.96. The molecule has 0 aliphatic carbocycles. The second kappa shape index (κ2) is 12.5. The molecule has 0 aromatic heterocycles. The fraction of sp³-hybridized carbons (Fsp3) is 0.160. The molecule has 0 fully saturated rings. The summed E-state index contributed by atoms with van der Waals surface area (Å²) in [4.78, 5) is 38.9. The van der Waals surface area contributed by atoms with E-state index in [1.165, 1.54) is 11.0 Å². The van der Waals surface area contributed by atoms with Gasteiger partial charge in [-0.25, -0.2) is 0 Å². The van der Waals surface area contributed by atoms with E-state index in [0.717, 1.165) is 26.5 Å². The number of likely N-dealkylation sites (N-methyl/N-ethyl adjacent to an activating group) is 1. The number of nitrogens with zero attached hydrogens (tertiary/aromatic N) is 1. The predicted octanol–water partition coefficient (Wildman–Crippen LogP) is 2.91. The number of amides is 2. The zero-order chi connectivity index (χ0) is 24.5. The molecule has 1 N–H and O–H groups in total. The van der Waals surface area contributed by atoms with E-state index in [9.17, 15) is 18.8 Å². The molecule has 6 nitrogen and oxygen atoms in total. The van der Waals surface area contributed by atoms with Crippen LogP contribution in [-0.4, -0.2) is 57.2 Å². The number of ether oxygens (including phenoxy) is 1. The molecule has 3 aromatic carbocycles. The number of nitrogens with one attached hydrogen (secondary N) is 1. The van der Waals surface area contributed by atoms with Gasteiger partial charge in [-0.1, -0.05) is 30.3 Å². The van der Waals surface area contributed by atoms with Gasteiger partial charge in [0.05, 0.1) is 0 Å². The minimum atomic E-state index is -0.772. The van der Waals surface area contributed by atoms with Crippen LogP contribution in [0.15, 0.2) is 77.3 Å². The first-order chi connectivity index (χ1) is 16.3. The SMILES string of the molecule is CN(Cc1ccccc1)C(=O)CNC(=O)c1cc(F)ccc1OCC(=O)[As]c1ccc(Br)cc1. The van der Waals surface area contributed by atoms with E-state index in [4.69, 9.17) is 4.74 Å². The molecule has 0 bridgehead atoms. The Bertz CT molecular complexity index is 1160. The molecule has 2 amide bonds. The van der Waals surface area contributed by atoms with E-state index in [2.05, 4.69) is 21.2 Å². The van der Waals surface area contributed by atoms with Gasteiger partial charge >= 0.3 is 183 Å². The number of halogens is 2. The summed E-state index contributed by atoms with van der Waals surface area (Å²) in [7, 11) is 1.64. The van der Waals surface area contributed by atoms with Crippen molar-refractivity contribution in [2.75, 3.05) is 20.2 Å². The first-order valence-electron chi connectivity index (χ1n) is 10.3. The average Bonchev–Trinajstić information content (AvgIpc) is 2.83. The second-order valence-corrected chi connectivity index (χ2v) is 10.8. The van der Waals surface area contributed by atoms with Crippen molar-refractivity contribution in [2.24, 2.45) is 0 Å². The molecule has 3 rings (SSSR count). The fourth-order valence-electron chi connectivity index (χ4n) is 2.97. The maximum atomic E-state index is 13.8. The molecule has 0 aliphatic heterocycles. The summed E-state index contributed by atoms with van der Waals surface area (Å²) in [6, 6.07) is 20.4. The van der Waals surface area contributed by atoms with Crippen molar-refractivity contribution in [2.45, 2.75) is 6.54 Å². The van der Waals surface area contributed by atoms with Crippen LogP contribution in [0.1, 0.15) is 15.9 Å². The van der Waals surface area contributed by atoms with E-state index in [1.54, 1.807) is 7.05 Å². The van der Waals surface area contributed by atoms with Crippen molar-refractivity contribution in [3.8, 4) is 5.75 Å². The average molecular weight is 588 g/mol. The van der Waals surface area contributed by atoms with Crippen molar-refractivity contribution < 1.29 is 23.5 Å². The third-order valence-corrected chi connectivity index (χ3v) is 7.20. The standard InChI is InChI=1S/C25H22AsBrFN2O4/c1-30(15-17-5-3-2-4-6-17)24(32)14-29-25(33)21-13-20(28)11-12-22(21)34-16-23(31)26-18-7-9-19(27)10-8-18/h2-13H,14-16H2,1H3,(H,29,33). The van der Waals surface area contributed by atoms with Crippen LogP contribution in [-0.2, 0) is 16.1 Å². The van der Waals surface area contributed by atoms with Crippen molar-refractivity contribution in [1.29, 1.82) is 0 Å². The van der Waals surface area contributed by atoms with Crippen LogP contribution >= 0.6 is 15.9 Å². The van der Waals surface area contributed by atoms with Crippen molar-refractivity contribution >= 4 is 52.4 Å². The molecule has 0 aliphatic rings. The normalized spacial score (nSPS) is 10.8.